The maximum absolute atomic E-state index is 12.4. The normalized spacial score (nSPS) is 21.9. The van der Waals surface area contributed by atoms with Crippen molar-refractivity contribution in [3.63, 3.8) is 0 Å². The second kappa shape index (κ2) is 6.81. The molecule has 1 fully saturated rings. The number of hydrogen-bond donors (Lipinski definition) is 1. The minimum Gasteiger partial charge on any atom is -0.466 e. The molecule has 1 saturated heterocycles. The summed E-state index contributed by atoms with van der Waals surface area (Å²) >= 11 is 0. The van der Waals surface area contributed by atoms with Crippen LogP contribution in [0.25, 0.3) is 0 Å². The van der Waals surface area contributed by atoms with E-state index in [4.69, 9.17) is 4.74 Å². The zero-order chi connectivity index (χ0) is 16.3. The predicted molar refractivity (Wildman–Crippen MR) is 72.8 cm³/mol. The van der Waals surface area contributed by atoms with Crippen molar-refractivity contribution in [2.45, 2.75) is 32.6 Å². The maximum Gasteiger partial charge on any atom is 0.313 e. The molecule has 2 rings (SSSR count). The van der Waals surface area contributed by atoms with Gasteiger partial charge in [0.25, 0.3) is 5.91 Å². The minimum absolute atomic E-state index is 0.0478. The van der Waals surface area contributed by atoms with Crippen LogP contribution in [0.5, 0.6) is 0 Å². The molecule has 1 amide bonds. The van der Waals surface area contributed by atoms with E-state index in [9.17, 15) is 23.2 Å². The highest BCUT2D eigenvalue weighted by atomic mass is 19.3. The standard InChI is InChI=1S/C15H17F2NO4/c1-2-22-15(21)9(4-6-12(16)17)8-3-5-11-10(7-8)13(19)14(20)18-11/h3,5,9-10,12H,2,4,6-7H2,1H3,(H,18,20). The van der Waals surface area contributed by atoms with Gasteiger partial charge < -0.3 is 10.1 Å². The van der Waals surface area contributed by atoms with Gasteiger partial charge in [0.05, 0.1) is 18.4 Å². The number of halogens is 2. The third-order valence-corrected chi connectivity index (χ3v) is 3.78. The molecule has 0 aromatic heterocycles. The highest BCUT2D eigenvalue weighted by molar-refractivity contribution is 6.40. The Bertz CT molecular complexity index is 554. The molecule has 0 aromatic carbocycles. The molecule has 22 heavy (non-hydrogen) atoms. The number of Topliss-reactive ketones (excluding diaryl/α,β-unsaturated/α-hetero) is 1. The summed E-state index contributed by atoms with van der Waals surface area (Å²) < 4.78 is 29.8. The van der Waals surface area contributed by atoms with Crippen LogP contribution in [0.3, 0.4) is 0 Å². The molecule has 2 atom stereocenters. The van der Waals surface area contributed by atoms with Crippen LogP contribution in [0.1, 0.15) is 26.2 Å². The molecule has 1 N–H and O–H groups in total. The van der Waals surface area contributed by atoms with Crippen LogP contribution >= 0.6 is 0 Å². The maximum atomic E-state index is 12.4. The fraction of sp³-hybridized carbons (Fsp3) is 0.533. The third-order valence-electron chi connectivity index (χ3n) is 3.78. The summed E-state index contributed by atoms with van der Waals surface area (Å²) in [5.74, 6) is -3.26. The van der Waals surface area contributed by atoms with E-state index in [1.807, 2.05) is 0 Å². The molecule has 0 saturated carbocycles. The van der Waals surface area contributed by atoms with Crippen molar-refractivity contribution in [1.82, 2.24) is 5.32 Å². The number of carbonyl (C=O) groups is 3. The summed E-state index contributed by atoms with van der Waals surface area (Å²) in [7, 11) is 0. The van der Waals surface area contributed by atoms with E-state index in [0.29, 0.717) is 11.3 Å². The van der Waals surface area contributed by atoms with E-state index < -0.39 is 42.3 Å². The van der Waals surface area contributed by atoms with Crippen LogP contribution < -0.4 is 5.32 Å². The molecule has 0 bridgehead atoms. The number of fused-ring (bicyclic) bond motifs is 1. The zero-order valence-electron chi connectivity index (χ0n) is 12.1. The Hall–Kier alpha value is -2.05. The Morgan fingerprint density at radius 2 is 2.09 bits per heavy atom. The van der Waals surface area contributed by atoms with Gasteiger partial charge in [-0.3, -0.25) is 14.4 Å². The van der Waals surface area contributed by atoms with E-state index in [1.165, 1.54) is 0 Å². The Morgan fingerprint density at radius 3 is 2.73 bits per heavy atom. The van der Waals surface area contributed by atoms with E-state index in [2.05, 4.69) is 5.32 Å². The summed E-state index contributed by atoms with van der Waals surface area (Å²) in [5.41, 5.74) is 1.05. The second-order valence-electron chi connectivity index (χ2n) is 5.21. The van der Waals surface area contributed by atoms with Crippen molar-refractivity contribution in [2.24, 2.45) is 11.8 Å². The van der Waals surface area contributed by atoms with Gasteiger partial charge in [-0.25, -0.2) is 8.78 Å². The Kier molecular flexibility index (Phi) is 5.05. The lowest BCUT2D eigenvalue weighted by Crippen LogP contribution is -2.25. The smallest absolute Gasteiger partial charge is 0.313 e. The summed E-state index contributed by atoms with van der Waals surface area (Å²) in [6.45, 7) is 1.79. The number of alkyl halides is 2. The van der Waals surface area contributed by atoms with Crippen molar-refractivity contribution < 1.29 is 27.9 Å². The molecule has 0 radical (unpaired) electrons. The molecule has 1 aliphatic carbocycles. The number of rotatable bonds is 6. The Morgan fingerprint density at radius 1 is 1.36 bits per heavy atom. The first-order chi connectivity index (χ1) is 10.4. The van der Waals surface area contributed by atoms with E-state index in [-0.39, 0.29) is 19.4 Å². The van der Waals surface area contributed by atoms with Gasteiger partial charge in [0.1, 0.15) is 0 Å². The van der Waals surface area contributed by atoms with E-state index in [1.54, 1.807) is 19.1 Å². The SMILES string of the molecule is CCOC(=O)C(CCC(F)F)C1=CC=C2NC(=O)C(=O)C2C1. The molecule has 1 heterocycles. The summed E-state index contributed by atoms with van der Waals surface area (Å²) in [6, 6.07) is 0. The number of nitrogens with one attached hydrogen (secondary N) is 1. The van der Waals surface area contributed by atoms with Crippen LogP contribution in [0.15, 0.2) is 23.4 Å². The largest absolute Gasteiger partial charge is 0.466 e. The fourth-order valence-corrected chi connectivity index (χ4v) is 2.69. The van der Waals surface area contributed by atoms with Gasteiger partial charge in [-0.05, 0) is 25.8 Å². The number of amides is 1. The first kappa shape index (κ1) is 16.3. The Balaban J connectivity index is 2.16. The van der Waals surface area contributed by atoms with Crippen LogP contribution in [0.4, 0.5) is 8.78 Å². The van der Waals surface area contributed by atoms with Crippen LogP contribution in [0, 0.1) is 11.8 Å². The lowest BCUT2D eigenvalue weighted by atomic mass is 9.82. The highest BCUT2D eigenvalue weighted by Gasteiger charge is 2.40. The number of hydrogen-bond acceptors (Lipinski definition) is 4. The molecule has 2 unspecified atom stereocenters. The van der Waals surface area contributed by atoms with Crippen LogP contribution in [-0.4, -0.2) is 30.7 Å². The molecule has 0 spiro atoms. The molecule has 120 valence electrons. The van der Waals surface area contributed by atoms with Gasteiger partial charge in [0, 0.05) is 12.1 Å². The zero-order valence-corrected chi connectivity index (χ0v) is 12.1. The average Bonchev–Trinajstić information content (AvgIpc) is 2.74. The number of allylic oxidation sites excluding steroid dienone is 3. The highest BCUT2D eigenvalue weighted by Crippen LogP contribution is 2.34. The molecular weight excluding hydrogens is 296 g/mol. The van der Waals surface area contributed by atoms with Crippen molar-refractivity contribution in [2.75, 3.05) is 6.61 Å². The molecule has 0 aromatic rings. The van der Waals surface area contributed by atoms with Gasteiger partial charge >= 0.3 is 5.97 Å². The molecule has 7 heteroatoms. The first-order valence-corrected chi connectivity index (χ1v) is 7.14. The lowest BCUT2D eigenvalue weighted by Gasteiger charge is -2.23. The van der Waals surface area contributed by atoms with E-state index in [0.717, 1.165) is 0 Å². The number of carbonyl (C=O) groups excluding carboxylic acids is 3. The van der Waals surface area contributed by atoms with Gasteiger partial charge in [-0.2, -0.15) is 0 Å². The van der Waals surface area contributed by atoms with Crippen molar-refractivity contribution in [3.8, 4) is 0 Å². The van der Waals surface area contributed by atoms with Gasteiger partial charge in [-0.15, -0.1) is 0 Å². The van der Waals surface area contributed by atoms with Gasteiger partial charge in [0.15, 0.2) is 0 Å². The fourth-order valence-electron chi connectivity index (χ4n) is 2.69. The molecule has 1 aliphatic heterocycles. The number of ether oxygens (including phenoxy) is 1. The molecule has 2 aliphatic rings. The topological polar surface area (TPSA) is 72.5 Å². The Labute approximate surface area is 126 Å². The van der Waals surface area contributed by atoms with Crippen molar-refractivity contribution in [3.05, 3.63) is 23.4 Å². The number of ketones is 1. The predicted octanol–water partition coefficient (Wildman–Crippen LogP) is 1.74. The lowest BCUT2D eigenvalue weighted by molar-refractivity contribution is -0.147. The van der Waals surface area contributed by atoms with E-state index >= 15 is 0 Å². The third kappa shape index (κ3) is 3.40. The van der Waals surface area contributed by atoms with Crippen molar-refractivity contribution in [1.29, 1.82) is 0 Å². The average molecular weight is 313 g/mol. The monoisotopic (exact) mass is 313 g/mol. The van der Waals surface area contributed by atoms with Crippen molar-refractivity contribution >= 4 is 17.7 Å². The van der Waals surface area contributed by atoms with Gasteiger partial charge in [-0.1, -0.05) is 11.6 Å². The van der Waals surface area contributed by atoms with Crippen LogP contribution in [-0.2, 0) is 19.1 Å². The summed E-state index contributed by atoms with van der Waals surface area (Å²) in [4.78, 5) is 35.1. The molecule has 5 nitrogen and oxygen atoms in total. The summed E-state index contributed by atoms with van der Waals surface area (Å²) in [6.07, 6.45) is 0.360. The first-order valence-electron chi connectivity index (χ1n) is 7.14. The minimum atomic E-state index is -2.51. The quantitative estimate of drug-likeness (QED) is 0.599. The summed E-state index contributed by atoms with van der Waals surface area (Å²) in [5, 5.41) is 2.46. The van der Waals surface area contributed by atoms with Crippen LogP contribution in [0.2, 0.25) is 0 Å². The second-order valence-corrected chi connectivity index (χ2v) is 5.21. The number of esters is 1. The molecular formula is C15H17F2NO4. The van der Waals surface area contributed by atoms with Gasteiger partial charge in [0.2, 0.25) is 12.2 Å².